The van der Waals surface area contributed by atoms with E-state index in [-0.39, 0.29) is 23.0 Å². The first-order valence-corrected chi connectivity index (χ1v) is 9.80. The van der Waals surface area contributed by atoms with Gasteiger partial charge >= 0.3 is 0 Å². The van der Waals surface area contributed by atoms with Crippen LogP contribution in [0.2, 0.25) is 5.02 Å². The molecule has 27 heavy (non-hydrogen) atoms. The van der Waals surface area contributed by atoms with Crippen LogP contribution in [0.3, 0.4) is 0 Å². The summed E-state index contributed by atoms with van der Waals surface area (Å²) in [6.45, 7) is 3.36. The molecule has 5 nitrogen and oxygen atoms in total. The molecule has 0 radical (unpaired) electrons. The lowest BCUT2D eigenvalue weighted by atomic mass is 9.90. The van der Waals surface area contributed by atoms with E-state index in [0.717, 1.165) is 50.0 Å². The van der Waals surface area contributed by atoms with Crippen molar-refractivity contribution in [3.05, 3.63) is 58.9 Å². The molecule has 1 saturated heterocycles. The zero-order valence-electron chi connectivity index (χ0n) is 15.2. The third-order valence-electron chi connectivity index (χ3n) is 5.97. The Morgan fingerprint density at radius 2 is 2.11 bits per heavy atom. The topological polar surface area (TPSA) is 65.5 Å². The van der Waals surface area contributed by atoms with Crippen molar-refractivity contribution >= 4 is 17.5 Å². The smallest absolute Gasteiger partial charge is 0.223 e. The van der Waals surface area contributed by atoms with Crippen LogP contribution in [0.15, 0.2) is 42.7 Å². The van der Waals surface area contributed by atoms with Gasteiger partial charge in [-0.2, -0.15) is 0 Å². The number of piperidine rings is 1. The van der Waals surface area contributed by atoms with Crippen molar-refractivity contribution in [2.45, 2.75) is 32.4 Å². The first-order valence-electron chi connectivity index (χ1n) is 9.42. The van der Waals surface area contributed by atoms with Gasteiger partial charge in [0.2, 0.25) is 5.91 Å². The van der Waals surface area contributed by atoms with Crippen LogP contribution in [0, 0.1) is 11.3 Å². The molecule has 1 spiro atoms. The number of pyridine rings is 1. The van der Waals surface area contributed by atoms with E-state index < -0.39 is 0 Å². The fraction of sp³-hybridized carbons (Fsp3) is 0.429. The van der Waals surface area contributed by atoms with E-state index in [2.05, 4.69) is 15.2 Å². The number of nitrogens with one attached hydrogen (secondary N) is 1. The standard InChI is InChI=1S/C21H24ClN3O2/c22-18-10-15(3-4-19(18)26)14-25-8-5-21(6-9-25)11-17(21)20(27)24-13-16-2-1-7-23-12-16/h1-4,7,10,12,17,26H,5-6,8-9,11,13-14H2,(H,24,27). The van der Waals surface area contributed by atoms with E-state index in [1.165, 1.54) is 0 Å². The Kier molecular flexibility index (Phi) is 5.06. The average molecular weight is 386 g/mol. The Bertz CT molecular complexity index is 819. The van der Waals surface area contributed by atoms with Gasteiger partial charge in [0, 0.05) is 31.4 Å². The molecule has 1 aliphatic heterocycles. The molecule has 1 aromatic carbocycles. The third kappa shape index (κ3) is 4.09. The number of hydrogen-bond acceptors (Lipinski definition) is 4. The third-order valence-corrected chi connectivity index (χ3v) is 6.27. The second kappa shape index (κ2) is 7.49. The highest BCUT2D eigenvalue weighted by atomic mass is 35.5. The second-order valence-electron chi connectivity index (χ2n) is 7.76. The summed E-state index contributed by atoms with van der Waals surface area (Å²) in [5.41, 5.74) is 2.33. The number of halogens is 1. The number of aromatic hydroxyl groups is 1. The maximum absolute atomic E-state index is 12.5. The number of aromatic nitrogens is 1. The van der Waals surface area contributed by atoms with E-state index in [1.807, 2.05) is 24.3 Å². The minimum absolute atomic E-state index is 0.121. The van der Waals surface area contributed by atoms with E-state index in [9.17, 15) is 9.90 Å². The average Bonchev–Trinajstić information content (AvgIpc) is 3.39. The SMILES string of the molecule is O=C(NCc1cccnc1)C1CC12CCN(Cc1ccc(O)c(Cl)c1)CC2. The molecule has 6 heteroatoms. The molecule has 1 amide bonds. The Morgan fingerprint density at radius 3 is 2.81 bits per heavy atom. The summed E-state index contributed by atoms with van der Waals surface area (Å²) in [5, 5.41) is 13.0. The second-order valence-corrected chi connectivity index (χ2v) is 8.17. The Labute approximate surface area is 164 Å². The first kappa shape index (κ1) is 18.3. The zero-order valence-corrected chi connectivity index (χ0v) is 16.0. The van der Waals surface area contributed by atoms with Gasteiger partial charge < -0.3 is 10.4 Å². The van der Waals surface area contributed by atoms with Crippen molar-refractivity contribution in [3.63, 3.8) is 0 Å². The van der Waals surface area contributed by atoms with Crippen molar-refractivity contribution < 1.29 is 9.90 Å². The Morgan fingerprint density at radius 1 is 1.30 bits per heavy atom. The summed E-state index contributed by atoms with van der Waals surface area (Å²) in [6.07, 6.45) is 6.65. The molecule has 4 rings (SSSR count). The predicted octanol–water partition coefficient (Wildman–Crippen LogP) is 3.36. The van der Waals surface area contributed by atoms with Gasteiger partial charge in [0.1, 0.15) is 5.75 Å². The molecular formula is C21H24ClN3O2. The van der Waals surface area contributed by atoms with Crippen LogP contribution in [-0.4, -0.2) is 34.0 Å². The number of benzene rings is 1. The van der Waals surface area contributed by atoms with Gasteiger partial charge in [-0.25, -0.2) is 0 Å². The molecule has 0 bridgehead atoms. The lowest BCUT2D eigenvalue weighted by molar-refractivity contribution is -0.123. The van der Waals surface area contributed by atoms with Gasteiger partial charge in [0.15, 0.2) is 0 Å². The fourth-order valence-corrected chi connectivity index (χ4v) is 4.35. The predicted molar refractivity (Wildman–Crippen MR) is 104 cm³/mol. The van der Waals surface area contributed by atoms with Gasteiger partial charge in [-0.15, -0.1) is 0 Å². The quantitative estimate of drug-likeness (QED) is 0.828. The van der Waals surface area contributed by atoms with Gasteiger partial charge in [0.05, 0.1) is 5.02 Å². The number of carbonyl (C=O) groups excluding carboxylic acids is 1. The number of phenols is 1. The summed E-state index contributed by atoms with van der Waals surface area (Å²) >= 11 is 6.00. The van der Waals surface area contributed by atoms with Gasteiger partial charge in [-0.3, -0.25) is 14.7 Å². The molecule has 1 saturated carbocycles. The number of likely N-dealkylation sites (tertiary alicyclic amines) is 1. The molecule has 2 heterocycles. The van der Waals surface area contributed by atoms with Crippen molar-refractivity contribution in [2.75, 3.05) is 13.1 Å². The summed E-state index contributed by atoms with van der Waals surface area (Å²) in [5.74, 6) is 0.452. The number of nitrogens with zero attached hydrogens (tertiary/aromatic N) is 2. The lowest BCUT2D eigenvalue weighted by Gasteiger charge is -2.32. The van der Waals surface area contributed by atoms with Crippen LogP contribution >= 0.6 is 11.6 Å². The number of amides is 1. The molecule has 1 atom stereocenters. The maximum atomic E-state index is 12.5. The summed E-state index contributed by atoms with van der Waals surface area (Å²) < 4.78 is 0. The Hall–Kier alpha value is -2.11. The summed E-state index contributed by atoms with van der Waals surface area (Å²) in [6, 6.07) is 9.25. The van der Waals surface area contributed by atoms with Crippen LogP contribution in [0.5, 0.6) is 5.75 Å². The molecule has 2 aromatic rings. The maximum Gasteiger partial charge on any atom is 0.223 e. The molecule has 2 N–H and O–H groups in total. The van der Waals surface area contributed by atoms with Crippen molar-refractivity contribution in [3.8, 4) is 5.75 Å². The van der Waals surface area contributed by atoms with E-state index in [4.69, 9.17) is 11.6 Å². The zero-order chi connectivity index (χ0) is 18.9. The molecule has 1 unspecified atom stereocenters. The van der Waals surface area contributed by atoms with E-state index in [0.29, 0.717) is 11.6 Å². The minimum Gasteiger partial charge on any atom is -0.506 e. The minimum atomic E-state index is 0.121. The van der Waals surface area contributed by atoms with Crippen molar-refractivity contribution in [1.82, 2.24) is 15.2 Å². The van der Waals surface area contributed by atoms with Gasteiger partial charge in [0.25, 0.3) is 0 Å². The highest BCUT2D eigenvalue weighted by molar-refractivity contribution is 6.32. The number of hydrogen-bond donors (Lipinski definition) is 2. The van der Waals surface area contributed by atoms with Crippen molar-refractivity contribution in [2.24, 2.45) is 11.3 Å². The normalized spacial score (nSPS) is 21.1. The molecule has 2 fully saturated rings. The van der Waals surface area contributed by atoms with E-state index >= 15 is 0 Å². The number of rotatable bonds is 5. The molecule has 1 aromatic heterocycles. The van der Waals surface area contributed by atoms with Gasteiger partial charge in [-0.1, -0.05) is 23.7 Å². The largest absolute Gasteiger partial charge is 0.506 e. The molecule has 142 valence electrons. The number of phenolic OH excluding ortho intramolecular Hbond substituents is 1. The highest BCUT2D eigenvalue weighted by Gasteiger charge is 2.58. The lowest BCUT2D eigenvalue weighted by Crippen LogP contribution is -2.36. The first-order chi connectivity index (χ1) is 13.1. The van der Waals surface area contributed by atoms with Crippen LogP contribution in [0.4, 0.5) is 0 Å². The van der Waals surface area contributed by atoms with Gasteiger partial charge in [-0.05, 0) is 67.1 Å². The van der Waals surface area contributed by atoms with Crippen LogP contribution in [0.1, 0.15) is 30.4 Å². The Balaban J connectivity index is 1.25. The van der Waals surface area contributed by atoms with Crippen LogP contribution in [0.25, 0.3) is 0 Å². The van der Waals surface area contributed by atoms with Crippen molar-refractivity contribution in [1.29, 1.82) is 0 Å². The van der Waals surface area contributed by atoms with Crippen LogP contribution in [-0.2, 0) is 17.9 Å². The molecular weight excluding hydrogens is 362 g/mol. The fourth-order valence-electron chi connectivity index (χ4n) is 4.15. The monoisotopic (exact) mass is 385 g/mol. The summed E-state index contributed by atoms with van der Waals surface area (Å²) in [4.78, 5) is 19.0. The van der Waals surface area contributed by atoms with Crippen LogP contribution < -0.4 is 5.32 Å². The van der Waals surface area contributed by atoms with E-state index in [1.54, 1.807) is 18.5 Å². The summed E-state index contributed by atoms with van der Waals surface area (Å²) in [7, 11) is 0. The molecule has 1 aliphatic carbocycles. The molecule has 2 aliphatic rings. The number of carbonyl (C=O) groups is 1. The highest BCUT2D eigenvalue weighted by Crippen LogP contribution is 2.59.